The molecule has 3 aliphatic rings. The average molecular weight is 471 g/mol. The molecular weight excluding hydrogens is 424 g/mol. The molecule has 0 aromatic heterocycles. The van der Waals surface area contributed by atoms with Crippen molar-refractivity contribution in [2.75, 3.05) is 6.61 Å². The van der Waals surface area contributed by atoms with E-state index in [1.165, 1.54) is 12.0 Å². The SMILES string of the molecule is C=C1/C(=C\C=C2\CCCC3(C)C2CC[C@@H]3C(C#CCC(O)(CC)CC)OCC)C[C@@H](O)C[C@@H]1O. The first-order chi connectivity index (χ1) is 16.2. The Bertz CT molecular complexity index is 840. The summed E-state index contributed by atoms with van der Waals surface area (Å²) in [7, 11) is 0. The van der Waals surface area contributed by atoms with Crippen LogP contribution in [-0.2, 0) is 4.74 Å². The molecule has 34 heavy (non-hydrogen) atoms. The van der Waals surface area contributed by atoms with Gasteiger partial charge in [0.25, 0.3) is 0 Å². The molecule has 0 aliphatic heterocycles. The molecule has 6 atom stereocenters. The number of hydrogen-bond donors (Lipinski definition) is 3. The van der Waals surface area contributed by atoms with Crippen molar-refractivity contribution < 1.29 is 20.1 Å². The molecule has 3 N–H and O–H groups in total. The van der Waals surface area contributed by atoms with Gasteiger partial charge in [0.1, 0.15) is 6.10 Å². The van der Waals surface area contributed by atoms with E-state index < -0.39 is 17.8 Å². The Balaban J connectivity index is 1.80. The summed E-state index contributed by atoms with van der Waals surface area (Å²) in [6.45, 7) is 13.2. The van der Waals surface area contributed by atoms with Crippen LogP contribution in [0, 0.1) is 29.1 Å². The lowest BCUT2D eigenvalue weighted by Crippen LogP contribution is -2.39. The van der Waals surface area contributed by atoms with Crippen LogP contribution in [-0.4, -0.2) is 45.8 Å². The molecule has 4 nitrogen and oxygen atoms in total. The van der Waals surface area contributed by atoms with Crippen LogP contribution in [0.5, 0.6) is 0 Å². The van der Waals surface area contributed by atoms with E-state index in [0.717, 1.165) is 36.8 Å². The maximum atomic E-state index is 10.6. The topological polar surface area (TPSA) is 69.9 Å². The summed E-state index contributed by atoms with van der Waals surface area (Å²) in [5, 5.41) is 30.9. The summed E-state index contributed by atoms with van der Waals surface area (Å²) in [5.41, 5.74) is 2.63. The van der Waals surface area contributed by atoms with Gasteiger partial charge in [-0.15, -0.1) is 0 Å². The molecule has 0 radical (unpaired) electrons. The molecule has 3 fully saturated rings. The zero-order chi connectivity index (χ0) is 24.9. The van der Waals surface area contributed by atoms with Gasteiger partial charge in [0, 0.05) is 25.4 Å². The fourth-order valence-electron chi connectivity index (χ4n) is 6.50. The van der Waals surface area contributed by atoms with Crippen molar-refractivity contribution in [3.8, 4) is 11.8 Å². The molecule has 190 valence electrons. The first kappa shape index (κ1) is 27.2. The van der Waals surface area contributed by atoms with Crippen molar-refractivity contribution in [2.45, 2.75) is 116 Å². The largest absolute Gasteiger partial charge is 0.393 e. The zero-order valence-electron chi connectivity index (χ0n) is 21.8. The normalized spacial score (nSPS) is 35.2. The van der Waals surface area contributed by atoms with Crippen LogP contribution in [0.15, 0.2) is 35.5 Å². The lowest BCUT2D eigenvalue weighted by molar-refractivity contribution is 0.00133. The minimum absolute atomic E-state index is 0.0981. The lowest BCUT2D eigenvalue weighted by atomic mass is 9.62. The highest BCUT2D eigenvalue weighted by Gasteiger charge is 2.51. The van der Waals surface area contributed by atoms with Crippen LogP contribution >= 0.6 is 0 Å². The van der Waals surface area contributed by atoms with Crippen molar-refractivity contribution in [2.24, 2.45) is 17.3 Å². The molecule has 0 aromatic rings. The Hall–Kier alpha value is -1.38. The van der Waals surface area contributed by atoms with Gasteiger partial charge in [-0.3, -0.25) is 0 Å². The first-order valence-corrected chi connectivity index (χ1v) is 13.4. The number of allylic oxidation sites excluding steroid dienone is 3. The monoisotopic (exact) mass is 470 g/mol. The van der Waals surface area contributed by atoms with Crippen molar-refractivity contribution >= 4 is 0 Å². The predicted molar refractivity (Wildman–Crippen MR) is 138 cm³/mol. The minimum Gasteiger partial charge on any atom is -0.393 e. The van der Waals surface area contributed by atoms with Gasteiger partial charge >= 0.3 is 0 Å². The van der Waals surface area contributed by atoms with E-state index in [9.17, 15) is 15.3 Å². The van der Waals surface area contributed by atoms with E-state index >= 15 is 0 Å². The molecule has 3 unspecified atom stereocenters. The van der Waals surface area contributed by atoms with Gasteiger partial charge in [-0.2, -0.15) is 0 Å². The van der Waals surface area contributed by atoms with E-state index in [0.29, 0.717) is 50.5 Å². The third-order valence-corrected chi connectivity index (χ3v) is 8.99. The van der Waals surface area contributed by atoms with Gasteiger partial charge < -0.3 is 20.1 Å². The number of hydrogen-bond acceptors (Lipinski definition) is 4. The number of rotatable bonds is 7. The van der Waals surface area contributed by atoms with Gasteiger partial charge in [-0.1, -0.05) is 56.9 Å². The van der Waals surface area contributed by atoms with Gasteiger partial charge in [0.05, 0.1) is 17.8 Å². The smallest absolute Gasteiger partial charge is 0.121 e. The second-order valence-electron chi connectivity index (χ2n) is 11.0. The van der Waals surface area contributed by atoms with Crippen LogP contribution in [0.4, 0.5) is 0 Å². The Morgan fingerprint density at radius 1 is 1.21 bits per heavy atom. The number of aliphatic hydroxyl groups is 3. The maximum Gasteiger partial charge on any atom is 0.121 e. The van der Waals surface area contributed by atoms with Crippen LogP contribution in [0.3, 0.4) is 0 Å². The first-order valence-electron chi connectivity index (χ1n) is 13.4. The molecule has 0 amide bonds. The van der Waals surface area contributed by atoms with Crippen LogP contribution in [0.25, 0.3) is 0 Å². The Labute approximate surface area is 207 Å². The molecule has 0 heterocycles. The van der Waals surface area contributed by atoms with Crippen LogP contribution in [0.1, 0.15) is 91.9 Å². The fourth-order valence-corrected chi connectivity index (χ4v) is 6.50. The Morgan fingerprint density at radius 3 is 2.62 bits per heavy atom. The summed E-state index contributed by atoms with van der Waals surface area (Å²) in [5.74, 6) is 7.60. The third kappa shape index (κ3) is 5.88. The van der Waals surface area contributed by atoms with E-state index in [1.54, 1.807) is 0 Å². The van der Waals surface area contributed by atoms with Gasteiger partial charge in [-0.05, 0) is 80.8 Å². The summed E-state index contributed by atoms with van der Waals surface area (Å²) >= 11 is 0. The summed E-state index contributed by atoms with van der Waals surface area (Å²) in [4.78, 5) is 0. The molecule has 0 saturated heterocycles. The van der Waals surface area contributed by atoms with Gasteiger partial charge in [0.2, 0.25) is 0 Å². The molecule has 3 aliphatic carbocycles. The zero-order valence-corrected chi connectivity index (χ0v) is 21.8. The van der Waals surface area contributed by atoms with E-state index in [1.807, 2.05) is 20.8 Å². The fraction of sp³-hybridized carbons (Fsp3) is 0.733. The maximum absolute atomic E-state index is 10.6. The van der Waals surface area contributed by atoms with E-state index in [-0.39, 0.29) is 11.5 Å². The Kier molecular flexibility index (Phi) is 9.26. The second-order valence-corrected chi connectivity index (χ2v) is 11.0. The Morgan fingerprint density at radius 2 is 1.94 bits per heavy atom. The summed E-state index contributed by atoms with van der Waals surface area (Å²) in [6, 6.07) is 0. The van der Waals surface area contributed by atoms with Gasteiger partial charge in [0.15, 0.2) is 0 Å². The highest BCUT2D eigenvalue weighted by molar-refractivity contribution is 5.38. The standard InChI is InChI=1S/C30H46O4/c1-6-30(33,7-2)18-10-12-28(34-8-3)26-16-15-25-22(11-9-17-29(25,26)5)13-14-23-19-24(31)20-27(32)21(23)4/h13-14,24-28,31-33H,4,6-9,11,15-20H2,1-3,5H3/b22-13-,23-14-/t24-,25?,26-,27+,28?,29?/m1/s1. The summed E-state index contributed by atoms with van der Waals surface area (Å²) < 4.78 is 6.20. The third-order valence-electron chi connectivity index (χ3n) is 8.99. The molecular formula is C30H46O4. The average Bonchev–Trinajstić information content (AvgIpc) is 3.17. The molecule has 0 spiro atoms. The quantitative estimate of drug-likeness (QED) is 0.431. The van der Waals surface area contributed by atoms with E-state index in [4.69, 9.17) is 4.74 Å². The molecule has 0 bridgehead atoms. The van der Waals surface area contributed by atoms with Gasteiger partial charge in [-0.25, -0.2) is 0 Å². The molecule has 3 saturated carbocycles. The number of ether oxygens (including phenoxy) is 1. The lowest BCUT2D eigenvalue weighted by Gasteiger charge is -2.43. The number of fused-ring (bicyclic) bond motifs is 1. The van der Waals surface area contributed by atoms with Crippen molar-refractivity contribution in [1.29, 1.82) is 0 Å². The molecule has 0 aromatic carbocycles. The van der Waals surface area contributed by atoms with Crippen LogP contribution in [0.2, 0.25) is 0 Å². The highest BCUT2D eigenvalue weighted by Crippen LogP contribution is 2.58. The van der Waals surface area contributed by atoms with E-state index in [2.05, 4.69) is 37.5 Å². The predicted octanol–water partition coefficient (Wildman–Crippen LogP) is 5.48. The molecule has 4 heteroatoms. The van der Waals surface area contributed by atoms with Crippen molar-refractivity contribution in [3.63, 3.8) is 0 Å². The minimum atomic E-state index is -0.704. The van der Waals surface area contributed by atoms with Crippen molar-refractivity contribution in [3.05, 3.63) is 35.5 Å². The number of aliphatic hydroxyl groups excluding tert-OH is 2. The second kappa shape index (κ2) is 11.6. The highest BCUT2D eigenvalue weighted by atomic mass is 16.5. The van der Waals surface area contributed by atoms with Crippen LogP contribution < -0.4 is 0 Å². The molecule has 3 rings (SSSR count). The van der Waals surface area contributed by atoms with Crippen molar-refractivity contribution in [1.82, 2.24) is 0 Å². The summed E-state index contributed by atoms with van der Waals surface area (Å²) in [6.07, 6.45) is 11.6.